The first-order valence-electron chi connectivity index (χ1n) is 13.7. The lowest BCUT2D eigenvalue weighted by Crippen LogP contribution is -2.49. The molecule has 2 aromatic carbocycles. The lowest BCUT2D eigenvalue weighted by Gasteiger charge is -2.26. The number of sulfone groups is 1. The first-order chi connectivity index (χ1) is 20.4. The molecule has 0 unspecified atom stereocenters. The number of carbonyl (C=O) groups excluding carboxylic acids is 3. The summed E-state index contributed by atoms with van der Waals surface area (Å²) in [6.45, 7) is 11.9. The van der Waals surface area contributed by atoms with Crippen molar-refractivity contribution in [3.05, 3.63) is 87.7 Å². The molecule has 2 aliphatic rings. The van der Waals surface area contributed by atoms with Gasteiger partial charge in [-0.05, 0) is 43.3 Å². The summed E-state index contributed by atoms with van der Waals surface area (Å²) in [5.41, 5.74) is 2.04. The standard InChI is InChI=1S/C28H29Cl2N5O5S.C2H6/c1-17(2)33-18(13-26(36)31-8-10-35-11-9-32-27(37)15-35)12-21-20-14-19(6-7-25(20)34-28(21)38)41(39,40)16-22-23(29)4-3-5-24(22)30;1-2/h3-7,12-14,33H,1,8-11,15-16H2,2H3,(H,31,36)(H,32,37)(H,34,38);1-2H3/b18-13+,21-12-;. The normalized spacial score (nSPS) is 16.0. The first-order valence-corrected chi connectivity index (χ1v) is 16.1. The van der Waals surface area contributed by atoms with E-state index in [-0.39, 0.29) is 44.2 Å². The van der Waals surface area contributed by atoms with Gasteiger partial charge in [-0.1, -0.05) is 49.7 Å². The number of allylic oxidation sites excluding steroid dienone is 2. The first kappa shape index (κ1) is 33.9. The number of anilines is 1. The van der Waals surface area contributed by atoms with Gasteiger partial charge < -0.3 is 21.3 Å². The van der Waals surface area contributed by atoms with Crippen LogP contribution in [0.3, 0.4) is 0 Å². The molecule has 0 spiro atoms. The minimum atomic E-state index is -3.88. The smallest absolute Gasteiger partial charge is 0.256 e. The maximum absolute atomic E-state index is 13.3. The summed E-state index contributed by atoms with van der Waals surface area (Å²) in [7, 11) is -3.88. The SMILES string of the molecule is C=C(C)NC(/C=C1\C(=O)Nc2ccc(S(=O)(=O)Cc3c(Cl)cccc3Cl)cc21)=C/C(=O)NCCN1CCNC(=O)C1.CC. The van der Waals surface area contributed by atoms with Crippen molar-refractivity contribution in [1.29, 1.82) is 0 Å². The highest BCUT2D eigenvalue weighted by atomic mass is 35.5. The average molecular weight is 649 g/mol. The molecule has 0 bridgehead atoms. The van der Waals surface area contributed by atoms with E-state index in [1.54, 1.807) is 25.1 Å². The van der Waals surface area contributed by atoms with Gasteiger partial charge in [0.15, 0.2) is 9.84 Å². The molecule has 43 heavy (non-hydrogen) atoms. The number of hydrogen-bond acceptors (Lipinski definition) is 7. The summed E-state index contributed by atoms with van der Waals surface area (Å²) in [5, 5.41) is 11.7. The molecule has 10 nitrogen and oxygen atoms in total. The number of amides is 3. The van der Waals surface area contributed by atoms with Crippen LogP contribution in [0.4, 0.5) is 5.69 Å². The monoisotopic (exact) mass is 647 g/mol. The van der Waals surface area contributed by atoms with E-state index in [9.17, 15) is 22.8 Å². The number of fused-ring (bicyclic) bond motifs is 1. The molecule has 0 aliphatic carbocycles. The molecule has 230 valence electrons. The summed E-state index contributed by atoms with van der Waals surface area (Å²) in [4.78, 5) is 39.0. The number of carbonyl (C=O) groups is 3. The summed E-state index contributed by atoms with van der Waals surface area (Å²) in [6, 6.07) is 9.09. The highest BCUT2D eigenvalue weighted by Crippen LogP contribution is 2.36. The van der Waals surface area contributed by atoms with E-state index in [0.717, 1.165) is 0 Å². The Balaban J connectivity index is 0.00000248. The fourth-order valence-electron chi connectivity index (χ4n) is 4.38. The molecule has 2 aromatic rings. The van der Waals surface area contributed by atoms with Gasteiger partial charge in [0.2, 0.25) is 11.8 Å². The molecule has 0 aromatic heterocycles. The third-order valence-corrected chi connectivity index (χ3v) is 8.67. The Morgan fingerprint density at radius 2 is 1.84 bits per heavy atom. The van der Waals surface area contributed by atoms with Crippen molar-refractivity contribution >= 4 is 62.0 Å². The number of piperazine rings is 1. The van der Waals surface area contributed by atoms with E-state index in [1.165, 1.54) is 30.4 Å². The predicted octanol–water partition coefficient (Wildman–Crippen LogP) is 3.88. The zero-order valence-electron chi connectivity index (χ0n) is 24.2. The van der Waals surface area contributed by atoms with E-state index < -0.39 is 27.4 Å². The van der Waals surface area contributed by atoms with Crippen LogP contribution in [0.2, 0.25) is 10.0 Å². The average Bonchev–Trinajstić information content (AvgIpc) is 3.25. The van der Waals surface area contributed by atoms with Crippen molar-refractivity contribution in [3.8, 4) is 0 Å². The molecule has 1 saturated heterocycles. The van der Waals surface area contributed by atoms with Crippen molar-refractivity contribution in [2.75, 3.05) is 38.0 Å². The highest BCUT2D eigenvalue weighted by Gasteiger charge is 2.28. The van der Waals surface area contributed by atoms with Gasteiger partial charge in [0.1, 0.15) is 0 Å². The van der Waals surface area contributed by atoms with Crippen molar-refractivity contribution in [2.45, 2.75) is 31.4 Å². The van der Waals surface area contributed by atoms with Crippen LogP contribution in [0.1, 0.15) is 31.9 Å². The zero-order valence-corrected chi connectivity index (χ0v) is 26.5. The molecule has 2 aliphatic heterocycles. The van der Waals surface area contributed by atoms with Crippen molar-refractivity contribution in [1.82, 2.24) is 20.9 Å². The largest absolute Gasteiger partial charge is 0.360 e. The fraction of sp³-hybridized carbons (Fsp3) is 0.300. The van der Waals surface area contributed by atoms with Crippen LogP contribution in [-0.4, -0.2) is 63.8 Å². The number of hydrogen-bond donors (Lipinski definition) is 4. The van der Waals surface area contributed by atoms with Crippen LogP contribution >= 0.6 is 23.2 Å². The van der Waals surface area contributed by atoms with Crippen LogP contribution in [0.25, 0.3) is 5.57 Å². The second-order valence-electron chi connectivity index (χ2n) is 9.60. The van der Waals surface area contributed by atoms with E-state index in [1.807, 2.05) is 18.7 Å². The van der Waals surface area contributed by atoms with Crippen LogP contribution in [0.5, 0.6) is 0 Å². The zero-order chi connectivity index (χ0) is 31.7. The Kier molecular flexibility index (Phi) is 12.0. The molecule has 0 saturated carbocycles. The minimum Gasteiger partial charge on any atom is -0.360 e. The van der Waals surface area contributed by atoms with Crippen LogP contribution < -0.4 is 21.3 Å². The van der Waals surface area contributed by atoms with E-state index in [2.05, 4.69) is 27.8 Å². The molecule has 0 atom stereocenters. The lowest BCUT2D eigenvalue weighted by atomic mass is 10.1. The Labute approximate surface area is 262 Å². The maximum Gasteiger partial charge on any atom is 0.256 e. The summed E-state index contributed by atoms with van der Waals surface area (Å²) in [6.07, 6.45) is 2.75. The van der Waals surface area contributed by atoms with Gasteiger partial charge in [0.05, 0.1) is 22.8 Å². The number of nitrogens with one attached hydrogen (secondary N) is 4. The Hall–Kier alpha value is -3.64. The van der Waals surface area contributed by atoms with E-state index in [0.29, 0.717) is 43.1 Å². The van der Waals surface area contributed by atoms with Crippen LogP contribution in [0, 0.1) is 0 Å². The number of halogens is 2. The molecule has 0 radical (unpaired) electrons. The number of rotatable bonds is 10. The van der Waals surface area contributed by atoms with Crippen LogP contribution in [0.15, 0.2) is 71.4 Å². The van der Waals surface area contributed by atoms with Gasteiger partial charge in [-0.2, -0.15) is 0 Å². The highest BCUT2D eigenvalue weighted by molar-refractivity contribution is 7.90. The third kappa shape index (κ3) is 9.17. The number of benzene rings is 2. The summed E-state index contributed by atoms with van der Waals surface area (Å²) >= 11 is 12.4. The van der Waals surface area contributed by atoms with E-state index >= 15 is 0 Å². The van der Waals surface area contributed by atoms with Crippen LogP contribution in [-0.2, 0) is 30.0 Å². The summed E-state index contributed by atoms with van der Waals surface area (Å²) < 4.78 is 26.6. The molecule has 13 heteroatoms. The molecule has 1 fully saturated rings. The fourth-order valence-corrected chi connectivity index (χ4v) is 6.50. The topological polar surface area (TPSA) is 137 Å². The third-order valence-electron chi connectivity index (χ3n) is 6.32. The predicted molar refractivity (Wildman–Crippen MR) is 170 cm³/mol. The van der Waals surface area contributed by atoms with Gasteiger partial charge in [-0.15, -0.1) is 0 Å². The van der Waals surface area contributed by atoms with Gasteiger partial charge in [0, 0.05) is 70.5 Å². The van der Waals surface area contributed by atoms with Crippen molar-refractivity contribution < 1.29 is 22.8 Å². The molecule has 4 N–H and O–H groups in total. The molecule has 3 amide bonds. The Morgan fingerprint density at radius 3 is 2.49 bits per heavy atom. The molecular weight excluding hydrogens is 613 g/mol. The second-order valence-corrected chi connectivity index (χ2v) is 12.4. The number of nitrogens with zero attached hydrogens (tertiary/aromatic N) is 1. The Morgan fingerprint density at radius 1 is 1.14 bits per heavy atom. The van der Waals surface area contributed by atoms with Gasteiger partial charge in [-0.25, -0.2) is 8.42 Å². The Bertz CT molecular complexity index is 1570. The lowest BCUT2D eigenvalue weighted by molar-refractivity contribution is -0.124. The maximum atomic E-state index is 13.3. The molecule has 2 heterocycles. The van der Waals surface area contributed by atoms with Gasteiger partial charge in [-0.3, -0.25) is 19.3 Å². The van der Waals surface area contributed by atoms with Crippen molar-refractivity contribution in [2.24, 2.45) is 0 Å². The quantitative estimate of drug-likeness (QED) is 0.287. The molecular formula is C30H35Cl2N5O5S. The van der Waals surface area contributed by atoms with Gasteiger partial charge in [0.25, 0.3) is 5.91 Å². The minimum absolute atomic E-state index is 0.0165. The van der Waals surface area contributed by atoms with Gasteiger partial charge >= 0.3 is 0 Å². The summed E-state index contributed by atoms with van der Waals surface area (Å²) in [5.74, 6) is -1.35. The molecule has 4 rings (SSSR count). The van der Waals surface area contributed by atoms with Crippen molar-refractivity contribution in [3.63, 3.8) is 0 Å². The second kappa shape index (κ2) is 15.2. The van der Waals surface area contributed by atoms with E-state index in [4.69, 9.17) is 23.2 Å².